The fraction of sp³-hybridized carbons (Fsp3) is 0.312. The minimum absolute atomic E-state index is 0.146. The smallest absolute Gasteiger partial charge is 0.325 e. The molecule has 7 nitrogen and oxygen atoms in total. The average molecular weight is 385 g/mol. The topological polar surface area (TPSA) is 101 Å². The first-order valence-electron chi connectivity index (χ1n) is 7.36. The summed E-state index contributed by atoms with van der Waals surface area (Å²) in [7, 11) is 0. The molecule has 0 radical (unpaired) electrons. The van der Waals surface area contributed by atoms with Gasteiger partial charge in [0.05, 0.1) is 15.7 Å². The number of hydrogen-bond acceptors (Lipinski definition) is 3. The van der Waals surface area contributed by atoms with Crippen LogP contribution in [-0.4, -0.2) is 26.9 Å². The van der Waals surface area contributed by atoms with Gasteiger partial charge in [0, 0.05) is 17.2 Å². The highest BCUT2D eigenvalue weighted by Crippen LogP contribution is 2.37. The van der Waals surface area contributed by atoms with Gasteiger partial charge in [-0.15, -0.1) is 0 Å². The molecule has 1 heterocycles. The van der Waals surface area contributed by atoms with E-state index < -0.39 is 17.4 Å². The number of carbonyl (C=O) groups excluding carboxylic acids is 1. The Bertz CT molecular complexity index is 827. The molecular weight excluding hydrogens is 367 g/mol. The third-order valence-electron chi connectivity index (χ3n) is 3.44. The largest absolute Gasteiger partial charge is 0.480 e. The Labute approximate surface area is 154 Å². The fourth-order valence-corrected chi connectivity index (χ4v) is 2.76. The molecule has 2 aromatic rings. The molecular formula is C16H18Cl2N4O3. The molecule has 1 aromatic carbocycles. The van der Waals surface area contributed by atoms with E-state index in [4.69, 9.17) is 34.0 Å². The normalized spacial score (nSPS) is 11.4. The van der Waals surface area contributed by atoms with Crippen molar-refractivity contribution in [3.8, 4) is 0 Å². The molecule has 0 aliphatic heterocycles. The van der Waals surface area contributed by atoms with Crippen molar-refractivity contribution in [3.63, 3.8) is 0 Å². The monoisotopic (exact) mass is 384 g/mol. The van der Waals surface area contributed by atoms with Crippen LogP contribution in [0.4, 0.5) is 16.3 Å². The van der Waals surface area contributed by atoms with Crippen molar-refractivity contribution in [1.82, 2.24) is 9.78 Å². The highest BCUT2D eigenvalue weighted by Gasteiger charge is 2.27. The summed E-state index contributed by atoms with van der Waals surface area (Å²) in [6.07, 6.45) is 0. The van der Waals surface area contributed by atoms with E-state index in [1.54, 1.807) is 24.3 Å². The number of nitrogens with zero attached hydrogens (tertiary/aromatic N) is 3. The number of nitrogens with two attached hydrogens (primary N) is 1. The maximum Gasteiger partial charge on any atom is 0.325 e. The quantitative estimate of drug-likeness (QED) is 0.836. The first-order chi connectivity index (χ1) is 11.5. The summed E-state index contributed by atoms with van der Waals surface area (Å²) in [6.45, 7) is 5.38. The number of carboxylic acids is 1. The zero-order chi connectivity index (χ0) is 18.9. The van der Waals surface area contributed by atoms with Gasteiger partial charge < -0.3 is 10.8 Å². The van der Waals surface area contributed by atoms with Gasteiger partial charge in [0.25, 0.3) is 0 Å². The molecule has 9 heteroatoms. The fourth-order valence-electron chi connectivity index (χ4n) is 2.38. The van der Waals surface area contributed by atoms with Crippen molar-refractivity contribution in [2.75, 3.05) is 4.90 Å². The first-order valence-corrected chi connectivity index (χ1v) is 8.11. The Hall–Kier alpha value is -2.25. The molecule has 0 aliphatic carbocycles. The predicted molar refractivity (Wildman–Crippen MR) is 96.7 cm³/mol. The first kappa shape index (κ1) is 19.1. The van der Waals surface area contributed by atoms with Crippen molar-refractivity contribution in [2.24, 2.45) is 5.73 Å². The van der Waals surface area contributed by atoms with E-state index in [9.17, 15) is 9.59 Å². The number of hydrogen-bond donors (Lipinski definition) is 2. The Kier molecular flexibility index (Phi) is 5.29. The Morgan fingerprint density at radius 2 is 1.96 bits per heavy atom. The third-order valence-corrected chi connectivity index (χ3v) is 4.25. The molecule has 0 bridgehead atoms. The second-order valence-corrected chi connectivity index (χ2v) is 7.22. The molecule has 2 amide bonds. The molecule has 25 heavy (non-hydrogen) atoms. The second kappa shape index (κ2) is 6.93. The number of aromatic nitrogens is 2. The van der Waals surface area contributed by atoms with Crippen LogP contribution in [0.5, 0.6) is 0 Å². The molecule has 2 rings (SSSR count). The van der Waals surface area contributed by atoms with Crippen LogP contribution in [0, 0.1) is 0 Å². The van der Waals surface area contributed by atoms with Crippen LogP contribution < -0.4 is 10.6 Å². The number of rotatable bonds is 4. The lowest BCUT2D eigenvalue weighted by atomic mass is 9.92. The number of carboxylic acid groups (broad SMARTS) is 1. The van der Waals surface area contributed by atoms with Crippen LogP contribution in [-0.2, 0) is 16.8 Å². The summed E-state index contributed by atoms with van der Waals surface area (Å²) in [5.74, 6) is -0.880. The number of primary amides is 1. The van der Waals surface area contributed by atoms with Gasteiger partial charge in [0.15, 0.2) is 5.82 Å². The van der Waals surface area contributed by atoms with Crippen molar-refractivity contribution in [2.45, 2.75) is 32.7 Å². The Balaban J connectivity index is 2.64. The van der Waals surface area contributed by atoms with Gasteiger partial charge in [-0.05, 0) is 12.1 Å². The maximum absolute atomic E-state index is 12.0. The van der Waals surface area contributed by atoms with Gasteiger partial charge in [0.1, 0.15) is 6.54 Å². The third kappa shape index (κ3) is 4.05. The van der Waals surface area contributed by atoms with E-state index in [2.05, 4.69) is 5.10 Å². The molecule has 3 N–H and O–H groups in total. The van der Waals surface area contributed by atoms with E-state index in [-0.39, 0.29) is 28.1 Å². The Morgan fingerprint density at radius 1 is 1.32 bits per heavy atom. The number of carbonyl (C=O) groups is 2. The van der Waals surface area contributed by atoms with E-state index in [1.807, 2.05) is 20.8 Å². The van der Waals surface area contributed by atoms with Crippen molar-refractivity contribution < 1.29 is 14.7 Å². The van der Waals surface area contributed by atoms with Gasteiger partial charge in [-0.3, -0.25) is 9.48 Å². The molecule has 0 aliphatic rings. The molecule has 0 saturated heterocycles. The van der Waals surface area contributed by atoms with Gasteiger partial charge in [-0.1, -0.05) is 50.0 Å². The number of aliphatic carboxylic acids is 1. The van der Waals surface area contributed by atoms with Gasteiger partial charge >= 0.3 is 12.0 Å². The van der Waals surface area contributed by atoms with Gasteiger partial charge in [-0.25, -0.2) is 9.69 Å². The summed E-state index contributed by atoms with van der Waals surface area (Å²) in [5.41, 5.74) is 6.01. The lowest BCUT2D eigenvalue weighted by Crippen LogP contribution is -2.32. The summed E-state index contributed by atoms with van der Waals surface area (Å²) in [6, 6.07) is 5.58. The van der Waals surface area contributed by atoms with Crippen LogP contribution in [0.25, 0.3) is 0 Å². The van der Waals surface area contributed by atoms with Crippen LogP contribution in [0.1, 0.15) is 26.5 Å². The molecule has 0 spiro atoms. The van der Waals surface area contributed by atoms with E-state index in [1.165, 1.54) is 4.68 Å². The highest BCUT2D eigenvalue weighted by atomic mass is 35.5. The predicted octanol–water partition coefficient (Wildman–Crippen LogP) is 3.79. The minimum atomic E-state index is -1.05. The second-order valence-electron chi connectivity index (χ2n) is 6.44. The summed E-state index contributed by atoms with van der Waals surface area (Å²) >= 11 is 12.2. The summed E-state index contributed by atoms with van der Waals surface area (Å²) in [5, 5.41) is 13.8. The van der Waals surface area contributed by atoms with Crippen LogP contribution in [0.2, 0.25) is 10.0 Å². The average Bonchev–Trinajstić information content (AvgIpc) is 2.86. The zero-order valence-corrected chi connectivity index (χ0v) is 15.5. The SMILES string of the molecule is CC(C)(C)c1cc(N(C(N)=O)c2cccc(Cl)c2Cl)nn1CC(=O)O. The van der Waals surface area contributed by atoms with Crippen LogP contribution in [0.15, 0.2) is 24.3 Å². The van der Waals surface area contributed by atoms with Gasteiger partial charge in [-0.2, -0.15) is 5.10 Å². The minimum Gasteiger partial charge on any atom is -0.480 e. The molecule has 1 aromatic heterocycles. The lowest BCUT2D eigenvalue weighted by molar-refractivity contribution is -0.137. The van der Waals surface area contributed by atoms with E-state index in [0.29, 0.717) is 5.69 Å². The van der Waals surface area contributed by atoms with Crippen molar-refractivity contribution in [3.05, 3.63) is 40.0 Å². The number of anilines is 2. The van der Waals surface area contributed by atoms with E-state index >= 15 is 0 Å². The van der Waals surface area contributed by atoms with Crippen LogP contribution in [0.3, 0.4) is 0 Å². The van der Waals surface area contributed by atoms with Gasteiger partial charge in [0.2, 0.25) is 0 Å². The van der Waals surface area contributed by atoms with Crippen molar-refractivity contribution >= 4 is 46.7 Å². The highest BCUT2D eigenvalue weighted by molar-refractivity contribution is 6.44. The summed E-state index contributed by atoms with van der Waals surface area (Å²) < 4.78 is 1.33. The standard InChI is InChI=1S/C16H18Cl2N4O3/c1-16(2,3)11-7-12(20-21(11)8-13(23)24)22(15(19)25)10-6-4-5-9(17)14(10)18/h4-7H,8H2,1-3H3,(H2,19,25)(H,23,24). The van der Waals surface area contributed by atoms with Crippen molar-refractivity contribution in [1.29, 1.82) is 0 Å². The maximum atomic E-state index is 12.0. The number of halogens is 2. The van der Waals surface area contributed by atoms with E-state index in [0.717, 1.165) is 4.90 Å². The molecule has 134 valence electrons. The molecule has 0 fully saturated rings. The Morgan fingerprint density at radius 3 is 2.48 bits per heavy atom. The van der Waals surface area contributed by atoms with Crippen LogP contribution >= 0.6 is 23.2 Å². The molecule has 0 saturated carbocycles. The number of benzene rings is 1. The molecule has 0 atom stereocenters. The zero-order valence-electron chi connectivity index (χ0n) is 14.0. The number of urea groups is 1. The summed E-state index contributed by atoms with van der Waals surface area (Å²) in [4.78, 5) is 24.3. The number of amides is 2. The molecule has 0 unspecified atom stereocenters. The lowest BCUT2D eigenvalue weighted by Gasteiger charge is -2.20.